The molecule has 0 radical (unpaired) electrons. The molecule has 1 aromatic carbocycles. The van der Waals surface area contributed by atoms with Crippen LogP contribution in [0.15, 0.2) is 35.4 Å². The number of sulfonamides is 1. The molecule has 0 amide bonds. The highest BCUT2D eigenvalue weighted by molar-refractivity contribution is 7.90. The summed E-state index contributed by atoms with van der Waals surface area (Å²) in [6.07, 6.45) is 1.64. The Morgan fingerprint density at radius 2 is 2.00 bits per heavy atom. The first-order valence-corrected chi connectivity index (χ1v) is 8.22. The van der Waals surface area contributed by atoms with E-state index >= 15 is 0 Å². The fraction of sp³-hybridized carbons (Fsp3) is 0.286. The third-order valence-corrected chi connectivity index (χ3v) is 5.45. The van der Waals surface area contributed by atoms with E-state index in [0.717, 1.165) is 5.56 Å². The lowest BCUT2D eigenvalue weighted by molar-refractivity contribution is 0.547. The molecule has 0 fully saturated rings. The van der Waals surface area contributed by atoms with Gasteiger partial charge < -0.3 is 5.73 Å². The molecule has 0 bridgehead atoms. The van der Waals surface area contributed by atoms with Gasteiger partial charge in [0.15, 0.2) is 0 Å². The van der Waals surface area contributed by atoms with Crippen molar-refractivity contribution in [2.75, 3.05) is 0 Å². The fourth-order valence-corrected chi connectivity index (χ4v) is 3.67. The van der Waals surface area contributed by atoms with E-state index in [0.29, 0.717) is 10.9 Å². The number of fused-ring (bicyclic) bond motifs is 1. The second-order valence-electron chi connectivity index (χ2n) is 5.37. The molecule has 3 N–H and O–H groups in total. The van der Waals surface area contributed by atoms with E-state index in [1.807, 2.05) is 6.92 Å². The summed E-state index contributed by atoms with van der Waals surface area (Å²) in [5.74, 6) is 0. The van der Waals surface area contributed by atoms with Gasteiger partial charge in [-0.1, -0.05) is 18.3 Å². The topological polar surface area (TPSA) is 85.1 Å². The van der Waals surface area contributed by atoms with E-state index in [4.69, 9.17) is 18.0 Å². The SMILES string of the molecule is Cc1ccc(S(=O)(=O)NC(C)(C)C(N)=S)c2cccnc12. The first-order valence-electron chi connectivity index (χ1n) is 6.33. The summed E-state index contributed by atoms with van der Waals surface area (Å²) in [6.45, 7) is 5.14. The summed E-state index contributed by atoms with van der Waals surface area (Å²) in [4.78, 5) is 4.49. The van der Waals surface area contributed by atoms with Crippen LogP contribution in [0.4, 0.5) is 0 Å². The number of benzene rings is 1. The molecule has 2 aromatic rings. The highest BCUT2D eigenvalue weighted by Crippen LogP contribution is 2.25. The zero-order valence-corrected chi connectivity index (χ0v) is 13.7. The summed E-state index contributed by atoms with van der Waals surface area (Å²) >= 11 is 4.90. The van der Waals surface area contributed by atoms with Crippen LogP contribution >= 0.6 is 12.2 Å². The second kappa shape index (κ2) is 5.32. The zero-order chi connectivity index (χ0) is 15.8. The Labute approximate surface area is 129 Å². The third kappa shape index (κ3) is 3.04. The highest BCUT2D eigenvalue weighted by atomic mass is 32.2. The Morgan fingerprint density at radius 1 is 1.33 bits per heavy atom. The molecule has 7 heteroatoms. The maximum absolute atomic E-state index is 12.6. The maximum Gasteiger partial charge on any atom is 0.242 e. The van der Waals surface area contributed by atoms with Crippen molar-refractivity contribution in [3.8, 4) is 0 Å². The molecule has 0 saturated heterocycles. The zero-order valence-electron chi connectivity index (χ0n) is 12.0. The van der Waals surface area contributed by atoms with Crippen molar-refractivity contribution in [2.24, 2.45) is 5.73 Å². The molecular weight excluding hydrogens is 306 g/mol. The van der Waals surface area contributed by atoms with Crippen molar-refractivity contribution in [1.82, 2.24) is 9.71 Å². The lowest BCUT2D eigenvalue weighted by atomic mass is 10.1. The summed E-state index contributed by atoms with van der Waals surface area (Å²) in [5, 5.41) is 0.573. The lowest BCUT2D eigenvalue weighted by Gasteiger charge is -2.24. The molecule has 2 rings (SSSR count). The van der Waals surface area contributed by atoms with Crippen molar-refractivity contribution < 1.29 is 8.42 Å². The Balaban J connectivity index is 2.62. The molecule has 0 spiro atoms. The number of pyridine rings is 1. The predicted molar refractivity (Wildman–Crippen MR) is 87.7 cm³/mol. The molecule has 0 atom stereocenters. The van der Waals surface area contributed by atoms with E-state index < -0.39 is 15.6 Å². The van der Waals surface area contributed by atoms with Gasteiger partial charge >= 0.3 is 0 Å². The number of nitrogens with one attached hydrogen (secondary N) is 1. The van der Waals surface area contributed by atoms with E-state index in [1.165, 1.54) is 0 Å². The van der Waals surface area contributed by atoms with Crippen LogP contribution in [0.25, 0.3) is 10.9 Å². The van der Waals surface area contributed by atoms with Crippen molar-refractivity contribution in [3.63, 3.8) is 0 Å². The number of nitrogens with zero attached hydrogens (tertiary/aromatic N) is 1. The number of aryl methyl sites for hydroxylation is 1. The van der Waals surface area contributed by atoms with E-state index in [1.54, 1.807) is 44.3 Å². The number of hydrogen-bond acceptors (Lipinski definition) is 4. The minimum absolute atomic E-state index is 0.0839. The fourth-order valence-electron chi connectivity index (χ4n) is 1.96. The van der Waals surface area contributed by atoms with Gasteiger partial charge in [0.1, 0.15) is 0 Å². The number of thiocarbonyl (C=S) groups is 1. The number of aromatic nitrogens is 1. The normalized spacial score (nSPS) is 12.5. The molecule has 0 aliphatic heterocycles. The van der Waals surface area contributed by atoms with Crippen molar-refractivity contribution >= 4 is 38.1 Å². The van der Waals surface area contributed by atoms with E-state index in [2.05, 4.69) is 9.71 Å². The largest absolute Gasteiger partial charge is 0.392 e. The van der Waals surface area contributed by atoms with Gasteiger partial charge in [-0.3, -0.25) is 4.98 Å². The van der Waals surface area contributed by atoms with Gasteiger partial charge in [0.05, 0.1) is 20.9 Å². The summed E-state index contributed by atoms with van der Waals surface area (Å²) < 4.78 is 27.8. The first-order chi connectivity index (χ1) is 9.65. The van der Waals surface area contributed by atoms with Gasteiger partial charge in [0, 0.05) is 11.6 Å². The number of nitrogens with two attached hydrogens (primary N) is 1. The Bertz CT molecular complexity index is 814. The van der Waals surface area contributed by atoms with Crippen LogP contribution in [0.3, 0.4) is 0 Å². The van der Waals surface area contributed by atoms with Crippen molar-refractivity contribution in [1.29, 1.82) is 0 Å². The van der Waals surface area contributed by atoms with Gasteiger partial charge in [-0.25, -0.2) is 8.42 Å². The number of rotatable bonds is 4. The average molecular weight is 323 g/mol. The molecule has 0 saturated carbocycles. The molecule has 21 heavy (non-hydrogen) atoms. The van der Waals surface area contributed by atoms with Crippen LogP contribution < -0.4 is 10.5 Å². The van der Waals surface area contributed by atoms with Crippen LogP contribution in [-0.2, 0) is 10.0 Å². The van der Waals surface area contributed by atoms with E-state index in [-0.39, 0.29) is 9.88 Å². The smallest absolute Gasteiger partial charge is 0.242 e. The molecular formula is C14H17N3O2S2. The average Bonchev–Trinajstić information content (AvgIpc) is 2.37. The standard InChI is InChI=1S/C14H17N3O2S2/c1-9-6-7-11(10-5-4-8-16-12(9)10)21(18,19)17-14(2,3)13(15)20/h4-8,17H,1-3H3,(H2,15,20). The Kier molecular flexibility index (Phi) is 4.01. The van der Waals surface area contributed by atoms with Crippen LogP contribution in [-0.4, -0.2) is 23.9 Å². The van der Waals surface area contributed by atoms with Gasteiger partial charge in [-0.15, -0.1) is 0 Å². The van der Waals surface area contributed by atoms with Crippen molar-refractivity contribution in [2.45, 2.75) is 31.2 Å². The Morgan fingerprint density at radius 3 is 2.62 bits per heavy atom. The van der Waals surface area contributed by atoms with Crippen LogP contribution in [0, 0.1) is 6.92 Å². The summed E-state index contributed by atoms with van der Waals surface area (Å²) in [5.41, 5.74) is 6.15. The van der Waals surface area contributed by atoms with Crippen molar-refractivity contribution in [3.05, 3.63) is 36.0 Å². The minimum atomic E-state index is -3.76. The first kappa shape index (κ1) is 15.8. The predicted octanol–water partition coefficient (Wildman–Crippen LogP) is 1.89. The quantitative estimate of drug-likeness (QED) is 0.839. The molecule has 1 aromatic heterocycles. The minimum Gasteiger partial charge on any atom is -0.392 e. The van der Waals surface area contributed by atoms with Gasteiger partial charge in [-0.05, 0) is 44.5 Å². The summed E-state index contributed by atoms with van der Waals surface area (Å²) in [6, 6.07) is 6.74. The van der Waals surface area contributed by atoms with Crippen LogP contribution in [0.5, 0.6) is 0 Å². The molecule has 0 aliphatic rings. The van der Waals surface area contributed by atoms with Gasteiger partial charge in [0.2, 0.25) is 10.0 Å². The molecule has 112 valence electrons. The molecule has 5 nitrogen and oxygen atoms in total. The van der Waals surface area contributed by atoms with Gasteiger partial charge in [0.25, 0.3) is 0 Å². The van der Waals surface area contributed by atoms with Gasteiger partial charge in [-0.2, -0.15) is 4.72 Å². The molecule has 1 heterocycles. The van der Waals surface area contributed by atoms with E-state index in [9.17, 15) is 8.42 Å². The van der Waals surface area contributed by atoms with Crippen LogP contribution in [0.2, 0.25) is 0 Å². The maximum atomic E-state index is 12.6. The molecule has 0 aliphatic carbocycles. The lowest BCUT2D eigenvalue weighted by Crippen LogP contribution is -2.51. The Hall–Kier alpha value is -1.57. The number of hydrogen-bond donors (Lipinski definition) is 2. The third-order valence-electron chi connectivity index (χ3n) is 3.23. The molecule has 0 unspecified atom stereocenters. The summed E-state index contributed by atoms with van der Waals surface area (Å²) in [7, 11) is -3.76. The van der Waals surface area contributed by atoms with Crippen LogP contribution in [0.1, 0.15) is 19.4 Å². The highest BCUT2D eigenvalue weighted by Gasteiger charge is 2.29. The monoisotopic (exact) mass is 323 g/mol. The second-order valence-corrected chi connectivity index (χ2v) is 7.47.